The van der Waals surface area contributed by atoms with Crippen molar-refractivity contribution in [3.05, 3.63) is 29.3 Å². The summed E-state index contributed by atoms with van der Waals surface area (Å²) in [4.78, 5) is 6.97. The maximum absolute atomic E-state index is 4.73. The Labute approximate surface area is 115 Å². The van der Waals surface area contributed by atoms with E-state index in [0.717, 1.165) is 18.5 Å². The monoisotopic (exact) mass is 264 g/mol. The SMILES string of the molecule is CC.CCC(CN(C)C)c1nc2ccccc2s1. The zero-order valence-corrected chi connectivity index (χ0v) is 12.9. The molecule has 1 heterocycles. The number of benzene rings is 1. The van der Waals surface area contributed by atoms with Crippen LogP contribution in [0, 0.1) is 0 Å². The lowest BCUT2D eigenvalue weighted by Gasteiger charge is -2.16. The highest BCUT2D eigenvalue weighted by molar-refractivity contribution is 7.18. The fraction of sp³-hybridized carbons (Fsp3) is 0.533. The molecular weight excluding hydrogens is 240 g/mol. The van der Waals surface area contributed by atoms with E-state index in [1.54, 1.807) is 0 Å². The first-order valence-electron chi connectivity index (χ1n) is 6.71. The van der Waals surface area contributed by atoms with Crippen molar-refractivity contribution in [3.8, 4) is 0 Å². The Morgan fingerprint density at radius 2 is 1.89 bits per heavy atom. The van der Waals surface area contributed by atoms with Crippen LogP contribution in [0.4, 0.5) is 0 Å². The summed E-state index contributed by atoms with van der Waals surface area (Å²) in [5.74, 6) is 0.562. The van der Waals surface area contributed by atoms with Gasteiger partial charge in [-0.3, -0.25) is 0 Å². The third-order valence-corrected chi connectivity index (χ3v) is 3.94. The van der Waals surface area contributed by atoms with Crippen LogP contribution in [0.25, 0.3) is 10.2 Å². The lowest BCUT2D eigenvalue weighted by Crippen LogP contribution is -2.19. The molecule has 0 saturated heterocycles. The van der Waals surface area contributed by atoms with Crippen molar-refractivity contribution in [2.24, 2.45) is 0 Å². The highest BCUT2D eigenvalue weighted by Gasteiger charge is 2.15. The van der Waals surface area contributed by atoms with Crippen LogP contribution < -0.4 is 0 Å². The van der Waals surface area contributed by atoms with Gasteiger partial charge in [-0.15, -0.1) is 11.3 Å². The molecule has 0 radical (unpaired) electrons. The van der Waals surface area contributed by atoms with E-state index in [1.807, 2.05) is 25.2 Å². The second-order valence-electron chi connectivity index (χ2n) is 4.39. The van der Waals surface area contributed by atoms with E-state index >= 15 is 0 Å². The minimum Gasteiger partial charge on any atom is -0.309 e. The Morgan fingerprint density at radius 3 is 2.44 bits per heavy atom. The van der Waals surface area contributed by atoms with Gasteiger partial charge in [0, 0.05) is 12.5 Å². The molecule has 100 valence electrons. The molecule has 1 aromatic carbocycles. The summed E-state index contributed by atoms with van der Waals surface area (Å²) in [6, 6.07) is 8.38. The molecular formula is C15H24N2S. The summed E-state index contributed by atoms with van der Waals surface area (Å²) < 4.78 is 1.30. The van der Waals surface area contributed by atoms with E-state index in [1.165, 1.54) is 9.71 Å². The highest BCUT2D eigenvalue weighted by Crippen LogP contribution is 2.29. The summed E-state index contributed by atoms with van der Waals surface area (Å²) in [5.41, 5.74) is 1.14. The van der Waals surface area contributed by atoms with E-state index in [2.05, 4.69) is 50.2 Å². The topological polar surface area (TPSA) is 16.1 Å². The van der Waals surface area contributed by atoms with Gasteiger partial charge >= 0.3 is 0 Å². The lowest BCUT2D eigenvalue weighted by molar-refractivity contribution is 0.368. The number of hydrogen-bond donors (Lipinski definition) is 0. The smallest absolute Gasteiger partial charge is 0.0982 e. The summed E-state index contributed by atoms with van der Waals surface area (Å²) in [5, 5.41) is 1.28. The molecule has 2 rings (SSSR count). The number of aromatic nitrogens is 1. The van der Waals surface area contributed by atoms with E-state index < -0.39 is 0 Å². The quantitative estimate of drug-likeness (QED) is 0.815. The third-order valence-electron chi connectivity index (χ3n) is 2.74. The first kappa shape index (κ1) is 15.1. The fourth-order valence-corrected chi connectivity index (χ4v) is 3.03. The van der Waals surface area contributed by atoms with Gasteiger partial charge in [0.05, 0.1) is 15.2 Å². The number of hydrogen-bond acceptors (Lipinski definition) is 3. The first-order valence-corrected chi connectivity index (χ1v) is 7.52. The Morgan fingerprint density at radius 1 is 1.22 bits per heavy atom. The predicted octanol–water partition coefficient (Wildman–Crippen LogP) is 4.38. The van der Waals surface area contributed by atoms with Gasteiger partial charge in [-0.1, -0.05) is 32.9 Å². The maximum atomic E-state index is 4.73. The van der Waals surface area contributed by atoms with Crippen molar-refractivity contribution in [2.45, 2.75) is 33.1 Å². The molecule has 1 unspecified atom stereocenters. The molecule has 0 amide bonds. The average Bonchev–Trinajstić information content (AvgIpc) is 2.81. The largest absolute Gasteiger partial charge is 0.309 e. The van der Waals surface area contributed by atoms with Gasteiger partial charge in [0.2, 0.25) is 0 Å². The second-order valence-corrected chi connectivity index (χ2v) is 5.45. The predicted molar refractivity (Wildman–Crippen MR) is 82.6 cm³/mol. The third kappa shape index (κ3) is 3.79. The molecule has 1 atom stereocenters. The molecule has 18 heavy (non-hydrogen) atoms. The highest BCUT2D eigenvalue weighted by atomic mass is 32.1. The van der Waals surface area contributed by atoms with Crippen LogP contribution in [0.1, 0.15) is 38.1 Å². The number of fused-ring (bicyclic) bond motifs is 1. The van der Waals surface area contributed by atoms with Crippen LogP contribution in [0.2, 0.25) is 0 Å². The molecule has 2 aromatic rings. The number of thiazole rings is 1. The Kier molecular flexibility index (Phi) is 6.30. The molecule has 0 N–H and O–H groups in total. The molecule has 1 aromatic heterocycles. The molecule has 3 heteroatoms. The second kappa shape index (κ2) is 7.49. The normalized spacial score (nSPS) is 12.3. The Hall–Kier alpha value is -0.930. The van der Waals surface area contributed by atoms with Crippen molar-refractivity contribution in [1.29, 1.82) is 0 Å². The van der Waals surface area contributed by atoms with Crippen LogP contribution in [0.5, 0.6) is 0 Å². The standard InChI is InChI=1S/C13H18N2S.C2H6/c1-4-10(9-15(2)3)13-14-11-7-5-6-8-12(11)16-13;1-2/h5-8,10H,4,9H2,1-3H3;1-2H3. The van der Waals surface area contributed by atoms with Crippen LogP contribution in [0.15, 0.2) is 24.3 Å². The first-order chi connectivity index (χ1) is 8.70. The van der Waals surface area contributed by atoms with Gasteiger partial charge < -0.3 is 4.90 Å². The number of rotatable bonds is 4. The molecule has 0 fully saturated rings. The van der Waals surface area contributed by atoms with Crippen LogP contribution in [-0.4, -0.2) is 30.5 Å². The summed E-state index contributed by atoms with van der Waals surface area (Å²) >= 11 is 1.83. The molecule has 0 saturated carbocycles. The van der Waals surface area contributed by atoms with Crippen molar-refractivity contribution < 1.29 is 0 Å². The van der Waals surface area contributed by atoms with Crippen LogP contribution >= 0.6 is 11.3 Å². The zero-order chi connectivity index (χ0) is 13.5. The number of likely N-dealkylation sites (N-methyl/N-ethyl adjacent to an activating group) is 1. The summed E-state index contributed by atoms with van der Waals surface area (Å²) in [7, 11) is 4.24. The lowest BCUT2D eigenvalue weighted by atomic mass is 10.1. The van der Waals surface area contributed by atoms with E-state index in [9.17, 15) is 0 Å². The van der Waals surface area contributed by atoms with Gasteiger partial charge in [-0.05, 0) is 32.6 Å². The minimum atomic E-state index is 0.562. The van der Waals surface area contributed by atoms with Gasteiger partial charge in [-0.25, -0.2) is 4.98 Å². The van der Waals surface area contributed by atoms with Crippen molar-refractivity contribution in [1.82, 2.24) is 9.88 Å². The van der Waals surface area contributed by atoms with Gasteiger partial charge in [0.15, 0.2) is 0 Å². The van der Waals surface area contributed by atoms with Crippen LogP contribution in [0.3, 0.4) is 0 Å². The Balaban J connectivity index is 0.000000771. The molecule has 0 aliphatic rings. The molecule has 0 aliphatic carbocycles. The fourth-order valence-electron chi connectivity index (χ4n) is 1.89. The summed E-state index contributed by atoms with van der Waals surface area (Å²) in [6.45, 7) is 7.32. The molecule has 0 aliphatic heterocycles. The van der Waals surface area contributed by atoms with E-state index in [-0.39, 0.29) is 0 Å². The summed E-state index contributed by atoms with van der Waals surface area (Å²) in [6.07, 6.45) is 1.15. The van der Waals surface area contributed by atoms with Crippen molar-refractivity contribution >= 4 is 21.6 Å². The molecule has 0 bridgehead atoms. The average molecular weight is 264 g/mol. The minimum absolute atomic E-state index is 0.562. The Bertz CT molecular complexity index is 429. The van der Waals surface area contributed by atoms with Gasteiger partial charge in [0.25, 0.3) is 0 Å². The van der Waals surface area contributed by atoms with Crippen molar-refractivity contribution in [3.63, 3.8) is 0 Å². The van der Waals surface area contributed by atoms with Crippen molar-refractivity contribution in [2.75, 3.05) is 20.6 Å². The van der Waals surface area contributed by atoms with Gasteiger partial charge in [0.1, 0.15) is 0 Å². The molecule has 2 nitrogen and oxygen atoms in total. The van der Waals surface area contributed by atoms with Gasteiger partial charge in [-0.2, -0.15) is 0 Å². The number of nitrogens with zero attached hydrogens (tertiary/aromatic N) is 2. The van der Waals surface area contributed by atoms with Crippen LogP contribution in [-0.2, 0) is 0 Å². The zero-order valence-electron chi connectivity index (χ0n) is 12.1. The van der Waals surface area contributed by atoms with E-state index in [0.29, 0.717) is 5.92 Å². The molecule has 0 spiro atoms. The van der Waals surface area contributed by atoms with E-state index in [4.69, 9.17) is 4.98 Å². The maximum Gasteiger partial charge on any atom is 0.0982 e. The number of para-hydroxylation sites is 1.